The fourth-order valence-electron chi connectivity index (χ4n) is 1.08. The number of carbonyl (C=O) groups is 1. The molecule has 0 aliphatic heterocycles. The molecule has 0 aromatic heterocycles. The maximum atomic E-state index is 11.5. The van der Waals surface area contributed by atoms with Crippen molar-refractivity contribution in [3.05, 3.63) is 30.3 Å². The number of unbranched alkanes of at least 4 members (excludes halogenated alkanes) is 1. The highest BCUT2D eigenvalue weighted by atomic mass is 35.5. The Kier molecular flexibility index (Phi) is 4.47. The maximum absolute atomic E-state index is 11.5. The van der Waals surface area contributed by atoms with Gasteiger partial charge < -0.3 is 0 Å². The number of hydrogen-bond donors (Lipinski definition) is 0. The van der Waals surface area contributed by atoms with Crippen molar-refractivity contribution in [2.45, 2.75) is 26.2 Å². The molecule has 0 aliphatic carbocycles. The predicted octanol–water partition coefficient (Wildman–Crippen LogP) is 3.16. The van der Waals surface area contributed by atoms with Crippen LogP contribution in [0.15, 0.2) is 24.3 Å². The van der Waals surface area contributed by atoms with Crippen LogP contribution >= 0.6 is 11.8 Å². The van der Waals surface area contributed by atoms with E-state index in [9.17, 15) is 4.79 Å². The van der Waals surface area contributed by atoms with Gasteiger partial charge in [-0.25, -0.2) is 4.42 Å². The minimum absolute atomic E-state index is 0.0558. The summed E-state index contributed by atoms with van der Waals surface area (Å²) in [5.41, 5.74) is 0.700. The molecule has 1 aromatic carbocycles. The molecule has 0 N–H and O–H groups in total. The Balaban J connectivity index is 2.57. The minimum Gasteiger partial charge on any atom is -0.273 e. The van der Waals surface area contributed by atoms with Crippen LogP contribution in [0.3, 0.4) is 0 Å². The van der Waals surface area contributed by atoms with Gasteiger partial charge in [0.15, 0.2) is 0 Å². The van der Waals surface area contributed by atoms with Gasteiger partial charge in [-0.1, -0.05) is 25.5 Å². The molecule has 0 heterocycles. The van der Waals surface area contributed by atoms with Gasteiger partial charge in [-0.15, -0.1) is 0 Å². The van der Waals surface area contributed by atoms with Crippen molar-refractivity contribution in [1.82, 2.24) is 0 Å². The predicted molar refractivity (Wildman–Crippen MR) is 58.1 cm³/mol. The van der Waals surface area contributed by atoms with Crippen LogP contribution in [-0.2, 0) is 4.79 Å². The highest BCUT2D eigenvalue weighted by Gasteiger charge is 2.11. The molecule has 0 atom stereocenters. The molecular formula is C11H13ClNO. The van der Waals surface area contributed by atoms with E-state index >= 15 is 0 Å². The number of benzene rings is 1. The van der Waals surface area contributed by atoms with E-state index in [0.29, 0.717) is 12.1 Å². The van der Waals surface area contributed by atoms with Gasteiger partial charge >= 0.3 is 0 Å². The number of carbonyl (C=O) groups excluding carboxylic acids is 1. The van der Waals surface area contributed by atoms with Gasteiger partial charge in [0.2, 0.25) is 5.91 Å². The van der Waals surface area contributed by atoms with Gasteiger partial charge in [0, 0.05) is 18.2 Å². The lowest BCUT2D eigenvalue weighted by molar-refractivity contribution is -0.117. The van der Waals surface area contributed by atoms with Gasteiger partial charge in [0.1, 0.15) is 0 Å². The summed E-state index contributed by atoms with van der Waals surface area (Å²) in [6.45, 7) is 2.04. The van der Waals surface area contributed by atoms with Crippen molar-refractivity contribution in [3.63, 3.8) is 0 Å². The molecule has 0 unspecified atom stereocenters. The monoisotopic (exact) mass is 210 g/mol. The van der Waals surface area contributed by atoms with Crippen molar-refractivity contribution in [3.8, 4) is 0 Å². The zero-order valence-electron chi connectivity index (χ0n) is 8.16. The molecule has 1 rings (SSSR count). The van der Waals surface area contributed by atoms with Gasteiger partial charge in [0.25, 0.3) is 0 Å². The Hall–Kier alpha value is -1.02. The summed E-state index contributed by atoms with van der Waals surface area (Å²) in [5, 5.41) is 0. The fraction of sp³-hybridized carbons (Fsp3) is 0.364. The van der Waals surface area contributed by atoms with Crippen molar-refractivity contribution in [2.24, 2.45) is 0 Å². The van der Waals surface area contributed by atoms with E-state index in [2.05, 4.69) is 6.07 Å². The summed E-state index contributed by atoms with van der Waals surface area (Å²) >= 11 is 5.86. The number of hydrogen-bond acceptors (Lipinski definition) is 1. The normalized spacial score (nSPS) is 9.86. The topological polar surface area (TPSA) is 20.3 Å². The third kappa shape index (κ3) is 3.04. The Morgan fingerprint density at radius 1 is 1.50 bits per heavy atom. The molecule has 0 saturated carbocycles. The van der Waals surface area contributed by atoms with Crippen molar-refractivity contribution in [1.29, 1.82) is 0 Å². The second-order valence-electron chi connectivity index (χ2n) is 3.04. The highest BCUT2D eigenvalue weighted by Crippen LogP contribution is 2.17. The van der Waals surface area contributed by atoms with Crippen LogP contribution in [0.25, 0.3) is 0 Å². The highest BCUT2D eigenvalue weighted by molar-refractivity contribution is 6.36. The van der Waals surface area contributed by atoms with Crippen LogP contribution in [0, 0.1) is 6.07 Å². The van der Waals surface area contributed by atoms with Crippen LogP contribution in [0.2, 0.25) is 0 Å². The molecule has 1 radical (unpaired) electrons. The molecule has 0 saturated heterocycles. The first-order chi connectivity index (χ1) is 6.75. The largest absolute Gasteiger partial charge is 0.273 e. The average molecular weight is 211 g/mol. The summed E-state index contributed by atoms with van der Waals surface area (Å²) in [5.74, 6) is -0.0558. The van der Waals surface area contributed by atoms with Crippen molar-refractivity contribution in [2.75, 3.05) is 4.42 Å². The molecular weight excluding hydrogens is 198 g/mol. The van der Waals surface area contributed by atoms with E-state index in [0.717, 1.165) is 12.8 Å². The maximum Gasteiger partial charge on any atom is 0.241 e. The first-order valence-corrected chi connectivity index (χ1v) is 5.04. The quantitative estimate of drug-likeness (QED) is 0.700. The van der Waals surface area contributed by atoms with Crippen molar-refractivity contribution < 1.29 is 4.79 Å². The average Bonchev–Trinajstić information content (AvgIpc) is 2.26. The van der Waals surface area contributed by atoms with E-state index in [1.54, 1.807) is 24.3 Å². The third-order valence-corrected chi connectivity index (χ3v) is 2.27. The molecule has 3 heteroatoms. The third-order valence-electron chi connectivity index (χ3n) is 1.89. The number of rotatable bonds is 4. The summed E-state index contributed by atoms with van der Waals surface area (Å²) < 4.78 is 1.17. The van der Waals surface area contributed by atoms with Crippen LogP contribution in [0.4, 0.5) is 5.69 Å². The van der Waals surface area contributed by atoms with Gasteiger partial charge in [-0.05, 0) is 24.6 Å². The summed E-state index contributed by atoms with van der Waals surface area (Å²) in [6, 6.07) is 9.86. The second kappa shape index (κ2) is 5.66. The van der Waals surface area contributed by atoms with Gasteiger partial charge in [-0.2, -0.15) is 0 Å². The first-order valence-electron chi connectivity index (χ1n) is 4.70. The molecule has 1 amide bonds. The smallest absolute Gasteiger partial charge is 0.241 e. The van der Waals surface area contributed by atoms with E-state index in [4.69, 9.17) is 11.8 Å². The molecule has 75 valence electrons. The molecule has 0 bridgehead atoms. The van der Waals surface area contributed by atoms with Gasteiger partial charge in [-0.3, -0.25) is 4.79 Å². The zero-order chi connectivity index (χ0) is 10.4. The number of nitrogens with zero attached hydrogens (tertiary/aromatic N) is 1. The molecule has 2 nitrogen and oxygen atoms in total. The van der Waals surface area contributed by atoms with Crippen LogP contribution < -0.4 is 4.42 Å². The fourth-order valence-corrected chi connectivity index (χ4v) is 1.28. The second-order valence-corrected chi connectivity index (χ2v) is 3.37. The lowest BCUT2D eigenvalue weighted by Gasteiger charge is -2.12. The Labute approximate surface area is 89.6 Å². The Morgan fingerprint density at radius 2 is 2.14 bits per heavy atom. The number of amides is 1. The Morgan fingerprint density at radius 3 is 2.71 bits per heavy atom. The molecule has 0 aliphatic rings. The van der Waals surface area contributed by atoms with Crippen LogP contribution in [0.5, 0.6) is 0 Å². The molecule has 1 aromatic rings. The lowest BCUT2D eigenvalue weighted by atomic mass is 10.2. The minimum atomic E-state index is -0.0558. The van der Waals surface area contributed by atoms with E-state index in [-0.39, 0.29) is 5.91 Å². The molecule has 14 heavy (non-hydrogen) atoms. The number of halogens is 1. The van der Waals surface area contributed by atoms with Gasteiger partial charge in [0.05, 0.1) is 5.69 Å². The van der Waals surface area contributed by atoms with E-state index in [1.807, 2.05) is 6.92 Å². The standard InChI is InChI=1S/C11H13ClNO/c1-2-3-9-11(14)13(12)10-7-5-4-6-8-10/h5-8H,2-3,9H2,1H3. The van der Waals surface area contributed by atoms with E-state index in [1.165, 1.54) is 4.42 Å². The first kappa shape index (κ1) is 11.1. The zero-order valence-corrected chi connectivity index (χ0v) is 8.92. The molecule has 0 fully saturated rings. The summed E-state index contributed by atoms with van der Waals surface area (Å²) in [7, 11) is 0. The van der Waals surface area contributed by atoms with Crippen LogP contribution in [-0.4, -0.2) is 5.91 Å². The summed E-state index contributed by atoms with van der Waals surface area (Å²) in [6.07, 6.45) is 2.37. The van der Waals surface area contributed by atoms with Crippen LogP contribution in [0.1, 0.15) is 26.2 Å². The molecule has 0 spiro atoms. The number of anilines is 1. The van der Waals surface area contributed by atoms with Crippen molar-refractivity contribution >= 4 is 23.4 Å². The SMILES string of the molecule is CCCCC(=O)N(Cl)c1cc[c]cc1. The summed E-state index contributed by atoms with van der Waals surface area (Å²) in [4.78, 5) is 11.5. The van der Waals surface area contributed by atoms with E-state index < -0.39 is 0 Å². The Bertz CT molecular complexity index is 287. The lowest BCUT2D eigenvalue weighted by Crippen LogP contribution is -2.19.